The third-order valence-corrected chi connectivity index (χ3v) is 4.83. The first-order valence-electron chi connectivity index (χ1n) is 9.04. The molecule has 2 N–H and O–H groups in total. The molecular weight excluding hydrogens is 326 g/mol. The molecule has 1 aliphatic heterocycles. The zero-order chi connectivity index (χ0) is 18.5. The van der Waals surface area contributed by atoms with Gasteiger partial charge in [-0.3, -0.25) is 9.59 Å². The van der Waals surface area contributed by atoms with E-state index in [4.69, 9.17) is 0 Å². The van der Waals surface area contributed by atoms with Crippen LogP contribution in [-0.2, 0) is 4.79 Å². The highest BCUT2D eigenvalue weighted by molar-refractivity contribution is 5.95. The lowest BCUT2D eigenvalue weighted by atomic mass is 10.0. The van der Waals surface area contributed by atoms with Gasteiger partial charge in [-0.1, -0.05) is 31.2 Å². The summed E-state index contributed by atoms with van der Waals surface area (Å²) in [6, 6.07) is 15.5. The van der Waals surface area contributed by atoms with E-state index in [0.717, 1.165) is 36.4 Å². The van der Waals surface area contributed by atoms with Crippen LogP contribution in [0.15, 0.2) is 48.5 Å². The van der Waals surface area contributed by atoms with Crippen LogP contribution < -0.4 is 15.5 Å². The van der Waals surface area contributed by atoms with Crippen LogP contribution in [-0.4, -0.2) is 38.5 Å². The van der Waals surface area contributed by atoms with Crippen molar-refractivity contribution in [3.8, 4) is 11.1 Å². The Kier molecular flexibility index (Phi) is 5.68. The lowest BCUT2D eigenvalue weighted by Gasteiger charge is -2.27. The minimum atomic E-state index is -0.0292. The second kappa shape index (κ2) is 8.15. The number of benzene rings is 2. The van der Waals surface area contributed by atoms with E-state index in [0.29, 0.717) is 17.9 Å². The molecule has 2 aromatic carbocycles. The Bertz CT molecular complexity index is 765. The Balaban J connectivity index is 1.64. The molecule has 0 bridgehead atoms. The van der Waals surface area contributed by atoms with E-state index >= 15 is 0 Å². The van der Waals surface area contributed by atoms with Gasteiger partial charge in [0.25, 0.3) is 5.91 Å². The molecule has 0 aromatic heterocycles. The molecule has 1 fully saturated rings. The van der Waals surface area contributed by atoms with E-state index in [1.54, 1.807) is 11.9 Å². The summed E-state index contributed by atoms with van der Waals surface area (Å²) in [5.74, 6) is 0.610. The van der Waals surface area contributed by atoms with Crippen LogP contribution in [0.3, 0.4) is 0 Å². The van der Waals surface area contributed by atoms with Crippen LogP contribution in [0.1, 0.15) is 23.7 Å². The van der Waals surface area contributed by atoms with Gasteiger partial charge in [0.15, 0.2) is 0 Å². The van der Waals surface area contributed by atoms with Gasteiger partial charge in [-0.25, -0.2) is 0 Å². The molecular formula is C21H25N3O2. The predicted molar refractivity (Wildman–Crippen MR) is 104 cm³/mol. The van der Waals surface area contributed by atoms with E-state index < -0.39 is 0 Å². The summed E-state index contributed by atoms with van der Waals surface area (Å²) < 4.78 is 0. The molecule has 0 unspecified atom stereocenters. The number of hydrogen-bond acceptors (Lipinski definition) is 3. The standard InChI is InChI=1S/C21H25N3O2/c1-3-20(25)24(2)19-10-8-17(9-11-19)16-4-6-18(7-5-16)21(26)23-14-15-12-22-13-15/h4-11,15,22H,3,12-14H2,1-2H3,(H,23,26). The number of rotatable bonds is 6. The molecule has 0 spiro atoms. The molecule has 136 valence electrons. The van der Waals surface area contributed by atoms with Gasteiger partial charge in [0.05, 0.1) is 0 Å². The lowest BCUT2D eigenvalue weighted by Crippen LogP contribution is -2.48. The predicted octanol–water partition coefficient (Wildman–Crippen LogP) is 2.68. The SMILES string of the molecule is CCC(=O)N(C)c1ccc(-c2ccc(C(=O)NCC3CNC3)cc2)cc1. The molecule has 0 atom stereocenters. The maximum absolute atomic E-state index is 12.2. The number of nitrogens with one attached hydrogen (secondary N) is 2. The second-order valence-electron chi connectivity index (χ2n) is 6.66. The van der Waals surface area contributed by atoms with Crippen molar-refractivity contribution in [3.05, 3.63) is 54.1 Å². The molecule has 0 radical (unpaired) electrons. The van der Waals surface area contributed by atoms with Crippen molar-refractivity contribution in [2.45, 2.75) is 13.3 Å². The van der Waals surface area contributed by atoms with Gasteiger partial charge >= 0.3 is 0 Å². The summed E-state index contributed by atoms with van der Waals surface area (Å²) in [6.07, 6.45) is 0.485. The third-order valence-electron chi connectivity index (χ3n) is 4.83. The molecule has 5 nitrogen and oxygen atoms in total. The summed E-state index contributed by atoms with van der Waals surface area (Å²) in [6.45, 7) is 4.54. The average Bonchev–Trinajstić information content (AvgIpc) is 2.65. The second-order valence-corrected chi connectivity index (χ2v) is 6.66. The molecule has 2 amide bonds. The number of carbonyl (C=O) groups excluding carboxylic acids is 2. The third kappa shape index (κ3) is 4.11. The van der Waals surface area contributed by atoms with Crippen molar-refractivity contribution >= 4 is 17.5 Å². The minimum Gasteiger partial charge on any atom is -0.352 e. The van der Waals surface area contributed by atoms with E-state index in [-0.39, 0.29) is 11.8 Å². The van der Waals surface area contributed by atoms with Gasteiger partial charge < -0.3 is 15.5 Å². The van der Waals surface area contributed by atoms with Crippen LogP contribution in [0.5, 0.6) is 0 Å². The van der Waals surface area contributed by atoms with E-state index in [2.05, 4.69) is 10.6 Å². The molecule has 1 saturated heterocycles. The highest BCUT2D eigenvalue weighted by atomic mass is 16.2. The minimum absolute atomic E-state index is 0.0292. The van der Waals surface area contributed by atoms with Crippen molar-refractivity contribution in [2.24, 2.45) is 5.92 Å². The van der Waals surface area contributed by atoms with Gasteiger partial charge in [0.2, 0.25) is 5.91 Å². The summed E-state index contributed by atoms with van der Waals surface area (Å²) in [7, 11) is 1.79. The summed E-state index contributed by atoms with van der Waals surface area (Å²) in [5.41, 5.74) is 3.65. The van der Waals surface area contributed by atoms with Crippen molar-refractivity contribution in [1.29, 1.82) is 0 Å². The molecule has 1 aliphatic rings. The first-order chi connectivity index (χ1) is 12.6. The van der Waals surface area contributed by atoms with Gasteiger partial charge in [0.1, 0.15) is 0 Å². The van der Waals surface area contributed by atoms with Crippen molar-refractivity contribution in [2.75, 3.05) is 31.6 Å². The lowest BCUT2D eigenvalue weighted by molar-refractivity contribution is -0.118. The fraction of sp³-hybridized carbons (Fsp3) is 0.333. The number of amides is 2. The summed E-state index contributed by atoms with van der Waals surface area (Å²) in [5, 5.41) is 6.18. The van der Waals surface area contributed by atoms with E-state index in [1.165, 1.54) is 0 Å². The smallest absolute Gasteiger partial charge is 0.251 e. The quantitative estimate of drug-likeness (QED) is 0.841. The van der Waals surface area contributed by atoms with Crippen LogP contribution in [0.4, 0.5) is 5.69 Å². The number of nitrogens with zero attached hydrogens (tertiary/aromatic N) is 1. The molecule has 2 aromatic rings. The maximum Gasteiger partial charge on any atom is 0.251 e. The maximum atomic E-state index is 12.2. The largest absolute Gasteiger partial charge is 0.352 e. The molecule has 26 heavy (non-hydrogen) atoms. The van der Waals surface area contributed by atoms with Gasteiger partial charge in [-0.05, 0) is 35.4 Å². The fourth-order valence-electron chi connectivity index (χ4n) is 2.90. The molecule has 3 rings (SSSR count). The zero-order valence-corrected chi connectivity index (χ0v) is 15.3. The van der Waals surface area contributed by atoms with Gasteiger partial charge in [0, 0.05) is 50.3 Å². The van der Waals surface area contributed by atoms with Crippen LogP contribution in [0.2, 0.25) is 0 Å². The Labute approximate surface area is 154 Å². The van der Waals surface area contributed by atoms with Crippen LogP contribution in [0.25, 0.3) is 11.1 Å². The Morgan fingerprint density at radius 2 is 1.62 bits per heavy atom. The molecule has 0 aliphatic carbocycles. The normalized spacial score (nSPS) is 13.8. The Morgan fingerprint density at radius 3 is 2.12 bits per heavy atom. The highest BCUT2D eigenvalue weighted by Crippen LogP contribution is 2.23. The first-order valence-corrected chi connectivity index (χ1v) is 9.04. The summed E-state index contributed by atoms with van der Waals surface area (Å²) in [4.78, 5) is 25.6. The molecule has 0 saturated carbocycles. The zero-order valence-electron chi connectivity index (χ0n) is 15.3. The number of anilines is 1. The van der Waals surface area contributed by atoms with Gasteiger partial charge in [-0.2, -0.15) is 0 Å². The molecule has 1 heterocycles. The summed E-state index contributed by atoms with van der Waals surface area (Å²) >= 11 is 0. The number of carbonyl (C=O) groups is 2. The van der Waals surface area contributed by atoms with E-state index in [1.807, 2.05) is 55.5 Å². The van der Waals surface area contributed by atoms with Crippen molar-refractivity contribution in [1.82, 2.24) is 10.6 Å². The highest BCUT2D eigenvalue weighted by Gasteiger charge is 2.17. The molecule has 5 heteroatoms. The first kappa shape index (κ1) is 18.1. The van der Waals surface area contributed by atoms with E-state index in [9.17, 15) is 9.59 Å². The Morgan fingerprint density at radius 1 is 1.04 bits per heavy atom. The van der Waals surface area contributed by atoms with Crippen molar-refractivity contribution < 1.29 is 9.59 Å². The monoisotopic (exact) mass is 351 g/mol. The Hall–Kier alpha value is -2.66. The fourth-order valence-corrected chi connectivity index (χ4v) is 2.90. The average molecular weight is 351 g/mol. The van der Waals surface area contributed by atoms with Crippen molar-refractivity contribution in [3.63, 3.8) is 0 Å². The van der Waals surface area contributed by atoms with Gasteiger partial charge in [-0.15, -0.1) is 0 Å². The van der Waals surface area contributed by atoms with Crippen LogP contribution in [0, 0.1) is 5.92 Å². The topological polar surface area (TPSA) is 61.4 Å². The van der Waals surface area contributed by atoms with Crippen LogP contribution >= 0.6 is 0 Å². The number of hydrogen-bond donors (Lipinski definition) is 2.